The second-order valence-corrected chi connectivity index (χ2v) is 7.74. The Morgan fingerprint density at radius 1 is 0.720 bits per heavy atom. The summed E-state index contributed by atoms with van der Waals surface area (Å²) >= 11 is 0. The van der Waals surface area contributed by atoms with Gasteiger partial charge in [-0.05, 0) is 36.6 Å². The van der Waals surface area contributed by atoms with Gasteiger partial charge < -0.3 is 0 Å². The van der Waals surface area contributed by atoms with Crippen molar-refractivity contribution in [3.05, 3.63) is 88.7 Å². The Kier molecular flexibility index (Phi) is 3.47. The van der Waals surface area contributed by atoms with Crippen LogP contribution in [0.5, 0.6) is 0 Å². The summed E-state index contributed by atoms with van der Waals surface area (Å²) < 4.78 is 27.3. The fraction of sp³-hybridized carbons (Fsp3) is 0.0500. The van der Waals surface area contributed by atoms with E-state index in [1.165, 1.54) is 12.1 Å². The molecule has 0 radical (unpaired) electrons. The third-order valence-corrected chi connectivity index (χ3v) is 6.03. The number of hydrogen-bond donors (Lipinski definition) is 0. The number of pyridine rings is 1. The lowest BCUT2D eigenvalue weighted by Gasteiger charge is -2.13. The van der Waals surface area contributed by atoms with E-state index in [9.17, 15) is 13.2 Å². The summed E-state index contributed by atoms with van der Waals surface area (Å²) in [5, 5.41) is 1.86. The Bertz CT molecular complexity index is 1270. The molecule has 124 valence electrons. The zero-order valence-electron chi connectivity index (χ0n) is 13.5. The van der Waals surface area contributed by atoms with E-state index in [0.717, 1.165) is 20.3 Å². The second kappa shape index (κ2) is 5.57. The third-order valence-electron chi connectivity index (χ3n) is 4.31. The minimum absolute atomic E-state index is 0.0978. The van der Waals surface area contributed by atoms with Crippen molar-refractivity contribution >= 4 is 31.7 Å². The van der Waals surface area contributed by atoms with E-state index in [-0.39, 0.29) is 4.90 Å². The van der Waals surface area contributed by atoms with E-state index in [1.54, 1.807) is 36.4 Å². The van der Waals surface area contributed by atoms with Gasteiger partial charge in [-0.1, -0.05) is 54.1 Å². The Morgan fingerprint density at radius 2 is 1.28 bits per heavy atom. The molecule has 0 bridgehead atoms. The second-order valence-electron chi connectivity index (χ2n) is 5.95. The number of fused-ring (bicyclic) bond motifs is 3. The highest BCUT2D eigenvalue weighted by molar-refractivity contribution is 7.90. The van der Waals surface area contributed by atoms with Gasteiger partial charge in [0.1, 0.15) is 0 Å². The highest BCUT2D eigenvalue weighted by Crippen LogP contribution is 2.25. The molecule has 5 heteroatoms. The maximum atomic E-state index is 13.2. The summed E-state index contributed by atoms with van der Waals surface area (Å²) in [6.45, 7) is 1.88. The number of rotatable bonds is 2. The molecule has 0 aliphatic heterocycles. The molecular formula is C20H15NO3S. The van der Waals surface area contributed by atoms with Crippen LogP contribution in [0.1, 0.15) is 5.56 Å². The molecule has 0 saturated carbocycles. The molecule has 0 spiro atoms. The van der Waals surface area contributed by atoms with Crippen molar-refractivity contribution in [3.63, 3.8) is 0 Å². The normalized spacial score (nSPS) is 11.9. The molecule has 4 rings (SSSR count). The molecule has 3 aromatic carbocycles. The monoisotopic (exact) mass is 349 g/mol. The van der Waals surface area contributed by atoms with E-state index in [2.05, 4.69) is 0 Å². The van der Waals surface area contributed by atoms with Crippen LogP contribution in [0.25, 0.3) is 21.7 Å². The van der Waals surface area contributed by atoms with E-state index in [4.69, 9.17) is 0 Å². The molecule has 1 heterocycles. The summed E-state index contributed by atoms with van der Waals surface area (Å²) in [7, 11) is -4.00. The molecule has 4 nitrogen and oxygen atoms in total. The van der Waals surface area contributed by atoms with Gasteiger partial charge in [-0.3, -0.25) is 4.79 Å². The van der Waals surface area contributed by atoms with Crippen molar-refractivity contribution in [1.82, 2.24) is 3.97 Å². The van der Waals surface area contributed by atoms with Crippen LogP contribution < -0.4 is 5.56 Å². The molecule has 0 amide bonds. The molecule has 0 unspecified atom stereocenters. The van der Waals surface area contributed by atoms with Crippen molar-refractivity contribution in [2.45, 2.75) is 11.8 Å². The number of hydrogen-bond acceptors (Lipinski definition) is 3. The van der Waals surface area contributed by atoms with Crippen LogP contribution in [0, 0.1) is 6.92 Å². The minimum atomic E-state index is -4.00. The molecular weight excluding hydrogens is 334 g/mol. The summed E-state index contributed by atoms with van der Waals surface area (Å²) in [5.41, 5.74) is 0.802. The fourth-order valence-corrected chi connectivity index (χ4v) is 4.48. The molecule has 0 saturated heterocycles. The van der Waals surface area contributed by atoms with Gasteiger partial charge in [-0.25, -0.2) is 8.42 Å². The van der Waals surface area contributed by atoms with Crippen LogP contribution in [0.2, 0.25) is 0 Å². The highest BCUT2D eigenvalue weighted by Gasteiger charge is 2.22. The van der Waals surface area contributed by atoms with E-state index in [0.29, 0.717) is 10.9 Å². The van der Waals surface area contributed by atoms with Crippen LogP contribution in [-0.4, -0.2) is 12.4 Å². The smallest absolute Gasteiger partial charge is 0.268 e. The molecule has 4 aromatic rings. The molecule has 0 aliphatic rings. The van der Waals surface area contributed by atoms with Gasteiger partial charge in [0.2, 0.25) is 0 Å². The molecule has 1 aromatic heterocycles. The van der Waals surface area contributed by atoms with E-state index in [1.807, 2.05) is 31.2 Å². The SMILES string of the molecule is Cc1ccc(S(=O)(=O)n2c(=O)c3ccccc3c3ccccc32)cc1. The molecule has 25 heavy (non-hydrogen) atoms. The Hall–Kier alpha value is -2.92. The maximum Gasteiger partial charge on any atom is 0.272 e. The molecule has 0 N–H and O–H groups in total. The maximum absolute atomic E-state index is 13.2. The van der Waals surface area contributed by atoms with Crippen molar-refractivity contribution in [1.29, 1.82) is 0 Å². The minimum Gasteiger partial charge on any atom is -0.268 e. The fourth-order valence-electron chi connectivity index (χ4n) is 3.06. The van der Waals surface area contributed by atoms with Crippen molar-refractivity contribution < 1.29 is 8.42 Å². The lowest BCUT2D eigenvalue weighted by Crippen LogP contribution is -2.28. The van der Waals surface area contributed by atoms with Gasteiger partial charge >= 0.3 is 0 Å². The van der Waals surface area contributed by atoms with Gasteiger partial charge in [0.15, 0.2) is 0 Å². The van der Waals surface area contributed by atoms with Crippen molar-refractivity contribution in [2.75, 3.05) is 0 Å². The van der Waals surface area contributed by atoms with Crippen LogP contribution in [-0.2, 0) is 10.0 Å². The average Bonchev–Trinajstić information content (AvgIpc) is 2.62. The van der Waals surface area contributed by atoms with Crippen molar-refractivity contribution in [3.8, 4) is 0 Å². The summed E-state index contributed by atoms with van der Waals surface area (Å²) in [6, 6.07) is 20.6. The number of para-hydroxylation sites is 1. The number of nitrogens with zero attached hydrogens (tertiary/aromatic N) is 1. The number of aryl methyl sites for hydroxylation is 1. The van der Waals surface area contributed by atoms with E-state index < -0.39 is 15.6 Å². The lowest BCUT2D eigenvalue weighted by molar-refractivity contribution is 0.587. The van der Waals surface area contributed by atoms with Gasteiger partial charge in [0.05, 0.1) is 10.4 Å². The van der Waals surface area contributed by atoms with Gasteiger partial charge in [0, 0.05) is 10.8 Å². The van der Waals surface area contributed by atoms with Gasteiger partial charge in [0.25, 0.3) is 15.6 Å². The quantitative estimate of drug-likeness (QED) is 0.519. The highest BCUT2D eigenvalue weighted by atomic mass is 32.2. The predicted octanol–water partition coefficient (Wildman–Crippen LogP) is 3.70. The van der Waals surface area contributed by atoms with Crippen molar-refractivity contribution in [2.24, 2.45) is 0 Å². The Labute approximate surface area is 145 Å². The zero-order valence-corrected chi connectivity index (χ0v) is 14.3. The van der Waals surface area contributed by atoms with E-state index >= 15 is 0 Å². The van der Waals surface area contributed by atoms with Crippen LogP contribution in [0.15, 0.2) is 82.5 Å². The van der Waals surface area contributed by atoms with Crippen LogP contribution in [0.3, 0.4) is 0 Å². The first-order valence-electron chi connectivity index (χ1n) is 7.85. The predicted molar refractivity (Wildman–Crippen MR) is 99.5 cm³/mol. The largest absolute Gasteiger partial charge is 0.272 e. The molecule has 0 aliphatic carbocycles. The topological polar surface area (TPSA) is 56.1 Å². The first-order chi connectivity index (χ1) is 12.0. The third kappa shape index (κ3) is 2.36. The zero-order chi connectivity index (χ0) is 17.6. The number of aromatic nitrogens is 1. The Balaban J connectivity index is 2.19. The summed E-state index contributed by atoms with van der Waals surface area (Å²) in [5.74, 6) is 0. The van der Waals surface area contributed by atoms with Crippen LogP contribution in [0.4, 0.5) is 0 Å². The first-order valence-corrected chi connectivity index (χ1v) is 9.29. The lowest BCUT2D eigenvalue weighted by atomic mass is 10.1. The standard InChI is InChI=1S/C20H15NO3S/c1-14-10-12-15(13-11-14)25(23,24)21-19-9-5-4-7-17(19)16-6-2-3-8-18(16)20(21)22/h2-13H,1H3. The van der Waals surface area contributed by atoms with Gasteiger partial charge in [-0.15, -0.1) is 0 Å². The first kappa shape index (κ1) is 15.6. The van der Waals surface area contributed by atoms with Gasteiger partial charge in [-0.2, -0.15) is 3.97 Å². The number of benzene rings is 3. The molecule has 0 fully saturated rings. The van der Waals surface area contributed by atoms with Crippen LogP contribution >= 0.6 is 0 Å². The summed E-state index contributed by atoms with van der Waals surface area (Å²) in [4.78, 5) is 13.1. The average molecular weight is 349 g/mol. The summed E-state index contributed by atoms with van der Waals surface area (Å²) in [6.07, 6.45) is 0. The Morgan fingerprint density at radius 3 is 1.96 bits per heavy atom. The molecule has 0 atom stereocenters.